The van der Waals surface area contributed by atoms with Gasteiger partial charge in [0.15, 0.2) is 6.10 Å². The maximum atomic E-state index is 12.8. The molecule has 0 aliphatic heterocycles. The maximum absolute atomic E-state index is 12.8. The topological polar surface area (TPSA) is 78.9 Å². The first-order valence-corrected chi connectivity index (χ1v) is 30.0. The highest BCUT2D eigenvalue weighted by Gasteiger charge is 2.19. The number of allylic oxidation sites excluding steroid dienone is 26. The number of hydrogen-bond acceptors (Lipinski definition) is 6. The number of esters is 3. The summed E-state index contributed by atoms with van der Waals surface area (Å²) in [6.07, 6.45) is 90.1. The van der Waals surface area contributed by atoms with Crippen molar-refractivity contribution in [3.63, 3.8) is 0 Å². The molecule has 6 nitrogen and oxygen atoms in total. The summed E-state index contributed by atoms with van der Waals surface area (Å²) >= 11 is 0. The zero-order valence-electron chi connectivity index (χ0n) is 48.0. The van der Waals surface area contributed by atoms with Gasteiger partial charge in [-0.1, -0.05) is 262 Å². The minimum atomic E-state index is -0.851. The van der Waals surface area contributed by atoms with E-state index in [2.05, 4.69) is 154 Å². The van der Waals surface area contributed by atoms with E-state index in [1.54, 1.807) is 0 Å². The van der Waals surface area contributed by atoms with E-state index in [1.807, 2.05) is 24.3 Å². The monoisotopic (exact) mass is 1030 g/mol. The molecule has 0 aromatic heterocycles. The third kappa shape index (κ3) is 59.8. The van der Waals surface area contributed by atoms with E-state index in [1.165, 1.54) is 83.5 Å². The van der Waals surface area contributed by atoms with E-state index in [0.29, 0.717) is 19.3 Å². The molecule has 420 valence electrons. The number of rotatable bonds is 52. The second-order valence-corrected chi connectivity index (χ2v) is 19.1. The Kier molecular flexibility index (Phi) is 57.5. The average molecular weight is 1030 g/mol. The fourth-order valence-corrected chi connectivity index (χ4v) is 7.67. The van der Waals surface area contributed by atoms with Gasteiger partial charge in [-0.25, -0.2) is 0 Å². The van der Waals surface area contributed by atoms with E-state index in [0.717, 1.165) is 103 Å². The lowest BCUT2D eigenvalue weighted by Crippen LogP contribution is -2.30. The van der Waals surface area contributed by atoms with Crippen LogP contribution in [-0.2, 0) is 28.6 Å². The van der Waals surface area contributed by atoms with Gasteiger partial charge in [-0.2, -0.15) is 0 Å². The fraction of sp³-hybridized carbons (Fsp3) is 0.580. The molecule has 1 unspecified atom stereocenters. The standard InChI is InChI=1S/C69H108O6/c1-4-7-10-13-16-19-22-25-26-27-28-29-30-31-32-33-34-35-36-37-38-39-40-41-42-45-47-50-53-56-59-62-68(71)74-65-66(75-69(72)63-60-57-54-51-48-44-24-21-18-15-12-9-6-3)64-73-67(70)61-58-55-52-49-46-43-23-20-17-14-11-8-5-2/h7-12,16-21,25-26,28-29,31-32,43-44,46,48,52,54-55,57,66H,4-6,13-15,22-24,27,30,33-42,45,47,49-51,53,56,58-65H2,1-3H3/b10-7-,11-8-,12-9-,19-16-,20-17-,21-18-,26-25-,29-28-,32-31-,46-43-,48-44-,55-52-,57-54-. The van der Waals surface area contributed by atoms with Crippen molar-refractivity contribution < 1.29 is 28.6 Å². The quantitative estimate of drug-likeness (QED) is 0.0261. The Labute approximate surface area is 460 Å². The van der Waals surface area contributed by atoms with E-state index in [4.69, 9.17) is 14.2 Å². The highest BCUT2D eigenvalue weighted by atomic mass is 16.6. The zero-order valence-corrected chi connectivity index (χ0v) is 48.0. The molecule has 0 aliphatic rings. The summed E-state index contributed by atoms with van der Waals surface area (Å²) in [6, 6.07) is 0. The molecule has 0 aromatic carbocycles. The molecule has 0 spiro atoms. The molecule has 0 saturated carbocycles. The van der Waals surface area contributed by atoms with E-state index in [9.17, 15) is 14.4 Å². The molecule has 0 rings (SSSR count). The second-order valence-electron chi connectivity index (χ2n) is 19.1. The van der Waals surface area contributed by atoms with Crippen LogP contribution in [0.25, 0.3) is 0 Å². The minimum absolute atomic E-state index is 0.134. The molecule has 0 saturated heterocycles. The van der Waals surface area contributed by atoms with Gasteiger partial charge in [0.05, 0.1) is 0 Å². The van der Waals surface area contributed by atoms with E-state index in [-0.39, 0.29) is 38.0 Å². The van der Waals surface area contributed by atoms with Gasteiger partial charge in [-0.05, 0) is 116 Å². The van der Waals surface area contributed by atoms with Crippen LogP contribution in [0.5, 0.6) is 0 Å². The Morgan fingerprint density at radius 3 is 0.827 bits per heavy atom. The molecule has 75 heavy (non-hydrogen) atoms. The molecule has 1 atom stereocenters. The predicted octanol–water partition coefficient (Wildman–Crippen LogP) is 20.5. The Hall–Kier alpha value is -4.97. The molecule has 0 bridgehead atoms. The highest BCUT2D eigenvalue weighted by Crippen LogP contribution is 2.15. The second kappa shape index (κ2) is 61.6. The van der Waals surface area contributed by atoms with Crippen molar-refractivity contribution in [2.45, 2.75) is 245 Å². The van der Waals surface area contributed by atoms with Gasteiger partial charge >= 0.3 is 17.9 Å². The van der Waals surface area contributed by atoms with Crippen LogP contribution in [0.2, 0.25) is 0 Å². The summed E-state index contributed by atoms with van der Waals surface area (Å²) in [7, 11) is 0. The van der Waals surface area contributed by atoms with Crippen LogP contribution in [0.3, 0.4) is 0 Å². The van der Waals surface area contributed by atoms with Crippen LogP contribution in [0.4, 0.5) is 0 Å². The lowest BCUT2D eigenvalue weighted by atomic mass is 10.0. The van der Waals surface area contributed by atoms with Crippen LogP contribution < -0.4 is 0 Å². The molecule has 0 aromatic rings. The first-order chi connectivity index (χ1) is 37.0. The molecular weight excluding hydrogens is 925 g/mol. The molecule has 0 fully saturated rings. The fourth-order valence-electron chi connectivity index (χ4n) is 7.67. The highest BCUT2D eigenvalue weighted by molar-refractivity contribution is 5.71. The lowest BCUT2D eigenvalue weighted by Gasteiger charge is -2.18. The van der Waals surface area contributed by atoms with Crippen molar-refractivity contribution in [1.29, 1.82) is 0 Å². The molecular formula is C69H108O6. The summed E-state index contributed by atoms with van der Waals surface area (Å²) < 4.78 is 16.7. The Morgan fingerprint density at radius 1 is 0.267 bits per heavy atom. The molecule has 0 heterocycles. The largest absolute Gasteiger partial charge is 0.462 e. The van der Waals surface area contributed by atoms with Gasteiger partial charge < -0.3 is 14.2 Å². The zero-order chi connectivity index (χ0) is 54.3. The van der Waals surface area contributed by atoms with E-state index >= 15 is 0 Å². The number of unbranched alkanes of at least 4 members (excludes halogenated alkanes) is 15. The maximum Gasteiger partial charge on any atom is 0.306 e. The van der Waals surface area contributed by atoms with Gasteiger partial charge in [-0.15, -0.1) is 0 Å². The van der Waals surface area contributed by atoms with Crippen LogP contribution in [0, 0.1) is 0 Å². The molecule has 6 heteroatoms. The van der Waals surface area contributed by atoms with Crippen molar-refractivity contribution in [1.82, 2.24) is 0 Å². The summed E-state index contributed by atoms with van der Waals surface area (Å²) in [5, 5.41) is 0. The van der Waals surface area contributed by atoms with Crippen LogP contribution in [0.15, 0.2) is 158 Å². The van der Waals surface area contributed by atoms with Gasteiger partial charge in [0.25, 0.3) is 0 Å². The predicted molar refractivity (Wildman–Crippen MR) is 325 cm³/mol. The van der Waals surface area contributed by atoms with Crippen molar-refractivity contribution in [3.05, 3.63) is 158 Å². The van der Waals surface area contributed by atoms with Crippen molar-refractivity contribution in [2.75, 3.05) is 13.2 Å². The van der Waals surface area contributed by atoms with Gasteiger partial charge in [0, 0.05) is 19.3 Å². The summed E-state index contributed by atoms with van der Waals surface area (Å²) in [5.74, 6) is -1.11. The number of hydrogen-bond donors (Lipinski definition) is 0. The molecule has 0 radical (unpaired) electrons. The van der Waals surface area contributed by atoms with Gasteiger partial charge in [-0.3, -0.25) is 14.4 Å². The first kappa shape index (κ1) is 70.0. The van der Waals surface area contributed by atoms with Crippen molar-refractivity contribution >= 4 is 17.9 Å². The van der Waals surface area contributed by atoms with Crippen molar-refractivity contribution in [2.24, 2.45) is 0 Å². The Morgan fingerprint density at radius 2 is 0.507 bits per heavy atom. The van der Waals surface area contributed by atoms with Gasteiger partial charge in [0.1, 0.15) is 13.2 Å². The summed E-state index contributed by atoms with van der Waals surface area (Å²) in [6.45, 7) is 6.15. The van der Waals surface area contributed by atoms with Crippen LogP contribution in [-0.4, -0.2) is 37.2 Å². The normalized spacial score (nSPS) is 13.3. The van der Waals surface area contributed by atoms with Crippen molar-refractivity contribution in [3.8, 4) is 0 Å². The number of carbonyl (C=O) groups is 3. The summed E-state index contributed by atoms with van der Waals surface area (Å²) in [5.41, 5.74) is 0. The summed E-state index contributed by atoms with van der Waals surface area (Å²) in [4.78, 5) is 38.0. The third-order valence-corrected chi connectivity index (χ3v) is 12.0. The SMILES string of the molecule is CC/C=C\C/C=C\C/C=C\C/C=C\C/C=C\CCCCCCCCCCCCCCCCCC(=O)OCC(COC(=O)CC/C=C\C/C=C\C/C=C\C/C=C\CC)OC(=O)CC/C=C\C/C=C\C/C=C\C/C=C\CC. The van der Waals surface area contributed by atoms with Crippen LogP contribution in [0.1, 0.15) is 239 Å². The molecule has 0 aliphatic carbocycles. The van der Waals surface area contributed by atoms with Crippen LogP contribution >= 0.6 is 0 Å². The minimum Gasteiger partial charge on any atom is -0.462 e. The smallest absolute Gasteiger partial charge is 0.306 e. The number of ether oxygens (including phenoxy) is 3. The number of carbonyl (C=O) groups excluding carboxylic acids is 3. The van der Waals surface area contributed by atoms with E-state index < -0.39 is 12.1 Å². The first-order valence-electron chi connectivity index (χ1n) is 30.0. The lowest BCUT2D eigenvalue weighted by molar-refractivity contribution is -0.166. The third-order valence-electron chi connectivity index (χ3n) is 12.0. The Bertz CT molecular complexity index is 1710. The molecule has 0 N–H and O–H groups in total. The van der Waals surface area contributed by atoms with Gasteiger partial charge in [0.2, 0.25) is 0 Å². The molecule has 0 amide bonds. The Balaban J connectivity index is 4.28. The average Bonchev–Trinajstić information content (AvgIpc) is 3.41.